The summed E-state index contributed by atoms with van der Waals surface area (Å²) >= 11 is 0. The number of hydrogen-bond donors (Lipinski definition) is 6. The molecule has 28 nitrogen and oxygen atoms in total. The Balaban J connectivity index is 4.54. The fourth-order valence-corrected chi connectivity index (χ4v) is 11.1. The molecule has 1 saturated heterocycles. The second kappa shape index (κ2) is 39.0. The number of likely N-dealkylation sites (N-methyl/N-ethyl adjacent to an activating group) is 7. The highest BCUT2D eigenvalue weighted by Gasteiger charge is 2.46. The maximum absolute atomic E-state index is 15.4. The Morgan fingerprint density at radius 1 is 0.489 bits per heavy atom. The molecule has 1 rings (SSSR count). The maximum Gasteiger partial charge on any atom is 0.342 e. The predicted molar refractivity (Wildman–Crippen MR) is 352 cm³/mol. The van der Waals surface area contributed by atoms with E-state index in [1.54, 1.807) is 67.5 Å². The van der Waals surface area contributed by atoms with Gasteiger partial charge in [0, 0.05) is 49.3 Å². The number of hydrogen-bond acceptors (Lipinski definition) is 16. The number of amides is 11. The topological polar surface area (TPSA) is 352 Å². The van der Waals surface area contributed by atoms with Crippen LogP contribution in [-0.4, -0.2) is 250 Å². The molecule has 1 heterocycles. The first-order chi connectivity index (χ1) is 43.4. The van der Waals surface area contributed by atoms with Crippen LogP contribution >= 0.6 is 0 Å². The van der Waals surface area contributed by atoms with Crippen molar-refractivity contribution in [2.24, 2.45) is 41.4 Å². The van der Waals surface area contributed by atoms with Gasteiger partial charge in [-0.2, -0.15) is 4.89 Å². The van der Waals surface area contributed by atoms with Crippen LogP contribution in [0.15, 0.2) is 12.2 Å². The van der Waals surface area contributed by atoms with Crippen molar-refractivity contribution in [3.05, 3.63) is 12.2 Å². The number of aliphatic hydroxyl groups excluding tert-OH is 1. The second-order valence-electron chi connectivity index (χ2n) is 27.8. The molecule has 0 bridgehead atoms. The number of carboxylic acids is 1. The fraction of sp³-hybridized carbons (Fsp3) is 0.773. The number of aliphatic hydroxyl groups is 1. The highest BCUT2D eigenvalue weighted by atomic mass is 17.2. The van der Waals surface area contributed by atoms with Crippen molar-refractivity contribution >= 4 is 76.9 Å². The third-order valence-electron chi connectivity index (χ3n) is 16.9. The summed E-state index contributed by atoms with van der Waals surface area (Å²) in [6.45, 7) is 27.9. The van der Waals surface area contributed by atoms with Gasteiger partial charge >= 0.3 is 11.9 Å². The van der Waals surface area contributed by atoms with Gasteiger partial charge in [0.2, 0.25) is 65.0 Å². The SMILES string of the molecule is C/C=C/C[C@@H](C)[C@@H](O)[C@H]1C(=O)N[C@@H]([C@@H](C)OOC(=O)CCC(=O)O)C(=O)N(C)CC(=O)N(C)[C@@H](CC(C)C)C(=O)N[C@@H](C(C)C)C(=O)N(C)[C@@H](CC(C)C)C(=O)N[C@@H](C)C(=O)N[C@H](C)C(=O)N(C)[C@@H](CC(C)C)C(=O)N(C)[C@@H](CC(C)C)C(=O)N(C)[C@@H](C(C)C)C(=O)N1C. The summed E-state index contributed by atoms with van der Waals surface area (Å²) < 4.78 is 0. The maximum atomic E-state index is 15.4. The summed E-state index contributed by atoms with van der Waals surface area (Å²) in [5.74, 6) is -14.2. The minimum atomic E-state index is -1.91. The van der Waals surface area contributed by atoms with E-state index >= 15 is 19.2 Å². The summed E-state index contributed by atoms with van der Waals surface area (Å²) in [7, 11) is 9.34. The molecule has 0 saturated carbocycles. The van der Waals surface area contributed by atoms with Crippen LogP contribution in [0.25, 0.3) is 0 Å². The van der Waals surface area contributed by atoms with E-state index in [1.807, 2.05) is 41.5 Å². The molecule has 0 aromatic carbocycles. The van der Waals surface area contributed by atoms with Gasteiger partial charge in [-0.05, 0) is 101 Å². The highest BCUT2D eigenvalue weighted by molar-refractivity contribution is 5.99. The number of aliphatic carboxylic acids is 1. The molecule has 13 atom stereocenters. The molecule has 0 radical (unpaired) electrons. The zero-order valence-electron chi connectivity index (χ0n) is 60.4. The molecule has 0 aromatic heterocycles. The molecule has 28 heteroatoms. The Kier molecular flexibility index (Phi) is 35.1. The lowest BCUT2D eigenvalue weighted by atomic mass is 9.91. The summed E-state index contributed by atoms with van der Waals surface area (Å²) in [5.41, 5.74) is 0. The summed E-state index contributed by atoms with van der Waals surface area (Å²) in [4.78, 5) is 204. The Labute approximate surface area is 557 Å². The smallest absolute Gasteiger partial charge is 0.342 e. The van der Waals surface area contributed by atoms with E-state index in [2.05, 4.69) is 21.3 Å². The molecule has 1 aliphatic heterocycles. The highest BCUT2D eigenvalue weighted by Crippen LogP contribution is 2.26. The first kappa shape index (κ1) is 84.8. The van der Waals surface area contributed by atoms with E-state index in [4.69, 9.17) is 9.78 Å². The largest absolute Gasteiger partial charge is 0.481 e. The van der Waals surface area contributed by atoms with Gasteiger partial charge in [-0.3, -0.25) is 62.4 Å². The Morgan fingerprint density at radius 2 is 0.915 bits per heavy atom. The van der Waals surface area contributed by atoms with Gasteiger partial charge < -0.3 is 65.8 Å². The molecule has 0 spiro atoms. The first-order valence-electron chi connectivity index (χ1n) is 32.8. The third-order valence-corrected chi connectivity index (χ3v) is 16.9. The van der Waals surface area contributed by atoms with E-state index in [1.165, 1.54) is 89.7 Å². The summed E-state index contributed by atoms with van der Waals surface area (Å²) in [5, 5.41) is 32.2. The average molecular weight is 1330 g/mol. The van der Waals surface area contributed by atoms with Crippen LogP contribution in [0.3, 0.4) is 0 Å². The van der Waals surface area contributed by atoms with Crippen molar-refractivity contribution in [3.63, 3.8) is 0 Å². The number of carbonyl (C=O) groups is 13. The summed E-state index contributed by atoms with van der Waals surface area (Å²) in [6.07, 6.45) is -0.687. The van der Waals surface area contributed by atoms with Gasteiger partial charge in [0.15, 0.2) is 0 Å². The quantitative estimate of drug-likeness (QED) is 0.0579. The normalized spacial score (nSPS) is 25.7. The molecule has 11 amide bonds. The number of rotatable bonds is 20. The van der Waals surface area contributed by atoms with E-state index in [0.717, 1.165) is 14.7 Å². The first-order valence-corrected chi connectivity index (χ1v) is 32.8. The minimum absolute atomic E-state index is 0.0481. The molecule has 0 unspecified atom stereocenters. The molecule has 94 heavy (non-hydrogen) atoms. The molecule has 0 aromatic rings. The number of carboxylic acid groups (broad SMARTS) is 1. The lowest BCUT2D eigenvalue weighted by molar-refractivity contribution is -0.298. The van der Waals surface area contributed by atoms with Crippen molar-refractivity contribution in [3.8, 4) is 0 Å². The van der Waals surface area contributed by atoms with Crippen LogP contribution in [0.5, 0.6) is 0 Å². The number of nitrogens with one attached hydrogen (secondary N) is 4. The van der Waals surface area contributed by atoms with E-state index in [0.29, 0.717) is 0 Å². The van der Waals surface area contributed by atoms with Gasteiger partial charge in [0.1, 0.15) is 66.5 Å². The van der Waals surface area contributed by atoms with Crippen LogP contribution < -0.4 is 21.3 Å². The lowest BCUT2D eigenvalue weighted by Crippen LogP contribution is -2.64. The van der Waals surface area contributed by atoms with Crippen LogP contribution in [-0.2, 0) is 72.1 Å². The van der Waals surface area contributed by atoms with Gasteiger partial charge in [0.25, 0.3) is 0 Å². The van der Waals surface area contributed by atoms with Crippen molar-refractivity contribution in [1.29, 1.82) is 0 Å². The van der Waals surface area contributed by atoms with Gasteiger partial charge in [-0.25, -0.2) is 4.79 Å². The Bertz CT molecular complexity index is 2650. The zero-order valence-corrected chi connectivity index (χ0v) is 60.4. The van der Waals surface area contributed by atoms with Crippen LogP contribution in [0, 0.1) is 41.4 Å². The Morgan fingerprint density at radius 3 is 1.38 bits per heavy atom. The summed E-state index contributed by atoms with van der Waals surface area (Å²) in [6, 6.07) is -13.9. The molecule has 1 aliphatic rings. The van der Waals surface area contributed by atoms with Gasteiger partial charge in [-0.1, -0.05) is 102 Å². The van der Waals surface area contributed by atoms with Crippen molar-refractivity contribution in [2.75, 3.05) is 55.9 Å². The lowest BCUT2D eigenvalue weighted by Gasteiger charge is -2.41. The van der Waals surface area contributed by atoms with E-state index in [9.17, 15) is 53.4 Å². The second-order valence-corrected chi connectivity index (χ2v) is 27.8. The molecule has 0 aliphatic carbocycles. The Hall–Kier alpha value is -7.23. The zero-order chi connectivity index (χ0) is 72.8. The van der Waals surface area contributed by atoms with Crippen LogP contribution in [0.1, 0.15) is 163 Å². The molecule has 536 valence electrons. The van der Waals surface area contributed by atoms with Crippen LogP contribution in [0.2, 0.25) is 0 Å². The van der Waals surface area contributed by atoms with Crippen molar-refractivity contribution in [2.45, 2.75) is 235 Å². The molecule has 6 N–H and O–H groups in total. The average Bonchev–Trinajstić information content (AvgIpc) is 0.806. The fourth-order valence-electron chi connectivity index (χ4n) is 11.1. The molecular formula is C66H115N11O17. The van der Waals surface area contributed by atoms with Crippen LogP contribution in [0.4, 0.5) is 0 Å². The molecule has 1 fully saturated rings. The monoisotopic (exact) mass is 1330 g/mol. The van der Waals surface area contributed by atoms with E-state index in [-0.39, 0.29) is 55.8 Å². The number of nitrogens with zero attached hydrogens (tertiary/aromatic N) is 7. The molecular weight excluding hydrogens is 1220 g/mol. The van der Waals surface area contributed by atoms with Gasteiger partial charge in [0.05, 0.1) is 25.5 Å². The minimum Gasteiger partial charge on any atom is -0.481 e. The van der Waals surface area contributed by atoms with E-state index < -0.39 is 187 Å². The standard InChI is InChI=1S/C66H115N11O17/c1-25-26-27-41(14)56(82)55-60(86)70-53(44(17)93-94-51(81)29-28-50(79)80)64(90)71(18)34-49(78)72(19)45(30-35(2)3)59(85)69-52(39(10)11)65(91)73(20)46(31-36(4)5)58(84)67-42(15)57(83)68-43(16)61(87)74(21)47(32-37(6)7)62(88)75(22)48(33-38(8)9)63(89)76(23)54(40(12)13)66(92)77(55)24/h25-26,35-48,52-56,82H,27-34H2,1-24H3,(H,67,84)(H,68,83)(H,69,85)(H,70,86)(H,79,80)/b26-25+/t41-,42+,43-,44-,45+,46+,47+,48+,52+,53+,54+,55+,56-/m1/s1. The third kappa shape index (κ3) is 24.8. The predicted octanol–water partition coefficient (Wildman–Crippen LogP) is 2.59. The van der Waals surface area contributed by atoms with Crippen molar-refractivity contribution in [1.82, 2.24) is 55.6 Å². The van der Waals surface area contributed by atoms with Gasteiger partial charge in [-0.15, -0.1) is 0 Å². The number of carbonyl (C=O) groups excluding carboxylic acids is 12. The number of allylic oxidation sites excluding steroid dienone is 2. The van der Waals surface area contributed by atoms with Crippen molar-refractivity contribution < 1.29 is 82.3 Å².